The molecule has 136 valence electrons. The van der Waals surface area contributed by atoms with Gasteiger partial charge in [-0.1, -0.05) is 12.8 Å². The predicted octanol–water partition coefficient (Wildman–Crippen LogP) is 3.49. The van der Waals surface area contributed by atoms with Gasteiger partial charge >= 0.3 is 6.18 Å². The standard InChI is InChI=1S/C17H22F3N5/c18-17(19,20)14-9-15(24-7-5-11(21)6-8-24)22-16-13(14)10-25(23-16)12-3-1-2-4-12/h9-12H,1-8,21H2. The number of nitrogens with two attached hydrogens (primary N) is 1. The molecule has 1 saturated carbocycles. The van der Waals surface area contributed by atoms with Crippen LogP contribution in [0.4, 0.5) is 19.0 Å². The second-order valence-corrected chi connectivity index (χ2v) is 7.13. The number of nitrogens with zero attached hydrogens (tertiary/aromatic N) is 4. The fourth-order valence-corrected chi connectivity index (χ4v) is 3.88. The summed E-state index contributed by atoms with van der Waals surface area (Å²) in [6.45, 7) is 1.25. The van der Waals surface area contributed by atoms with Crippen LogP contribution in [0, 0.1) is 0 Å². The van der Waals surface area contributed by atoms with Crippen molar-refractivity contribution < 1.29 is 13.2 Å². The second kappa shape index (κ2) is 6.16. The van der Waals surface area contributed by atoms with E-state index < -0.39 is 11.7 Å². The number of aromatic nitrogens is 3. The number of anilines is 1. The highest BCUT2D eigenvalue weighted by molar-refractivity contribution is 5.81. The molecule has 3 heterocycles. The molecule has 1 saturated heterocycles. The third-order valence-electron chi connectivity index (χ3n) is 5.36. The second-order valence-electron chi connectivity index (χ2n) is 7.13. The lowest BCUT2D eigenvalue weighted by Gasteiger charge is -2.31. The number of halogens is 3. The maximum Gasteiger partial charge on any atom is 0.417 e. The van der Waals surface area contributed by atoms with Crippen LogP contribution in [0.15, 0.2) is 12.3 Å². The molecule has 1 aliphatic heterocycles. The predicted molar refractivity (Wildman–Crippen MR) is 89.5 cm³/mol. The van der Waals surface area contributed by atoms with Crippen molar-refractivity contribution >= 4 is 16.9 Å². The van der Waals surface area contributed by atoms with Crippen LogP contribution in [0.25, 0.3) is 11.0 Å². The zero-order chi connectivity index (χ0) is 17.6. The van der Waals surface area contributed by atoms with E-state index in [4.69, 9.17) is 5.73 Å². The highest BCUT2D eigenvalue weighted by Gasteiger charge is 2.35. The number of pyridine rings is 1. The Morgan fingerprint density at radius 1 is 1.08 bits per heavy atom. The molecule has 8 heteroatoms. The average Bonchev–Trinajstić information content (AvgIpc) is 3.22. The van der Waals surface area contributed by atoms with Crippen molar-refractivity contribution in [2.75, 3.05) is 18.0 Å². The molecule has 5 nitrogen and oxygen atoms in total. The minimum absolute atomic E-state index is 0.0943. The van der Waals surface area contributed by atoms with Gasteiger partial charge in [-0.25, -0.2) is 4.98 Å². The molecule has 0 unspecified atom stereocenters. The third kappa shape index (κ3) is 3.19. The number of rotatable bonds is 2. The molecule has 2 aromatic heterocycles. The Morgan fingerprint density at radius 3 is 2.40 bits per heavy atom. The van der Waals surface area contributed by atoms with Crippen molar-refractivity contribution in [1.82, 2.24) is 14.8 Å². The molecular weight excluding hydrogens is 331 g/mol. The van der Waals surface area contributed by atoms with Gasteiger partial charge in [-0.2, -0.15) is 18.3 Å². The third-order valence-corrected chi connectivity index (χ3v) is 5.36. The fourth-order valence-electron chi connectivity index (χ4n) is 3.88. The summed E-state index contributed by atoms with van der Waals surface area (Å²) in [5.74, 6) is 0.350. The molecule has 0 aromatic carbocycles. The quantitative estimate of drug-likeness (QED) is 0.898. The summed E-state index contributed by atoms with van der Waals surface area (Å²) in [6.07, 6.45) is 2.75. The highest BCUT2D eigenvalue weighted by atomic mass is 19.4. The lowest BCUT2D eigenvalue weighted by Crippen LogP contribution is -2.40. The molecule has 0 bridgehead atoms. The summed E-state index contributed by atoms with van der Waals surface area (Å²) >= 11 is 0. The zero-order valence-electron chi connectivity index (χ0n) is 14.0. The van der Waals surface area contributed by atoms with Crippen molar-refractivity contribution in [2.24, 2.45) is 5.73 Å². The average molecular weight is 353 g/mol. The smallest absolute Gasteiger partial charge is 0.356 e. The van der Waals surface area contributed by atoms with Crippen molar-refractivity contribution in [3.8, 4) is 0 Å². The molecule has 0 amide bonds. The molecule has 1 aliphatic carbocycles. The van der Waals surface area contributed by atoms with Gasteiger partial charge in [0.05, 0.1) is 17.0 Å². The van der Waals surface area contributed by atoms with Gasteiger partial charge in [0.1, 0.15) is 5.82 Å². The summed E-state index contributed by atoms with van der Waals surface area (Å²) in [7, 11) is 0. The number of piperidine rings is 1. The van der Waals surface area contributed by atoms with Gasteiger partial charge in [0.15, 0.2) is 5.65 Å². The maximum atomic E-state index is 13.6. The molecule has 0 radical (unpaired) electrons. The topological polar surface area (TPSA) is 60.0 Å². The van der Waals surface area contributed by atoms with Gasteiger partial charge in [-0.3, -0.25) is 4.68 Å². The van der Waals surface area contributed by atoms with E-state index in [1.807, 2.05) is 4.90 Å². The largest absolute Gasteiger partial charge is 0.417 e. The van der Waals surface area contributed by atoms with E-state index in [0.717, 1.165) is 38.5 Å². The van der Waals surface area contributed by atoms with Crippen LogP contribution in [0.2, 0.25) is 0 Å². The van der Waals surface area contributed by atoms with E-state index in [0.29, 0.717) is 18.9 Å². The number of hydrogen-bond acceptors (Lipinski definition) is 4. The van der Waals surface area contributed by atoms with Crippen LogP contribution in [0.3, 0.4) is 0 Å². The fraction of sp³-hybridized carbons (Fsp3) is 0.647. The molecule has 2 fully saturated rings. The van der Waals surface area contributed by atoms with Crippen molar-refractivity contribution in [3.05, 3.63) is 17.8 Å². The first-order valence-corrected chi connectivity index (χ1v) is 8.89. The molecule has 2 aromatic rings. The monoisotopic (exact) mass is 353 g/mol. The van der Waals surface area contributed by atoms with Gasteiger partial charge in [0.25, 0.3) is 0 Å². The summed E-state index contributed by atoms with van der Waals surface area (Å²) in [5, 5.41) is 4.49. The summed E-state index contributed by atoms with van der Waals surface area (Å²) in [4.78, 5) is 6.32. The minimum Gasteiger partial charge on any atom is -0.356 e. The van der Waals surface area contributed by atoms with E-state index in [2.05, 4.69) is 10.1 Å². The number of fused-ring (bicyclic) bond motifs is 1. The van der Waals surface area contributed by atoms with Gasteiger partial charge in [0, 0.05) is 25.3 Å². The SMILES string of the molecule is NC1CCN(c2cc(C(F)(F)F)c3cn(C4CCCC4)nc3n2)CC1. The molecule has 0 atom stereocenters. The first kappa shape index (κ1) is 16.6. The molecule has 2 aliphatic rings. The van der Waals surface area contributed by atoms with E-state index in [-0.39, 0.29) is 23.1 Å². The molecule has 0 spiro atoms. The van der Waals surface area contributed by atoms with Crippen LogP contribution in [-0.4, -0.2) is 33.9 Å². The first-order chi connectivity index (χ1) is 11.9. The Balaban J connectivity index is 1.77. The highest BCUT2D eigenvalue weighted by Crippen LogP contribution is 2.38. The van der Waals surface area contributed by atoms with Crippen LogP contribution < -0.4 is 10.6 Å². The zero-order valence-corrected chi connectivity index (χ0v) is 14.0. The Labute approximate surface area is 144 Å². The number of hydrogen-bond donors (Lipinski definition) is 1. The van der Waals surface area contributed by atoms with Gasteiger partial charge < -0.3 is 10.6 Å². The van der Waals surface area contributed by atoms with E-state index in [9.17, 15) is 13.2 Å². The number of alkyl halides is 3. The first-order valence-electron chi connectivity index (χ1n) is 8.89. The van der Waals surface area contributed by atoms with E-state index >= 15 is 0 Å². The molecule has 4 rings (SSSR count). The van der Waals surface area contributed by atoms with Crippen LogP contribution >= 0.6 is 0 Å². The maximum absolute atomic E-state index is 13.6. The van der Waals surface area contributed by atoms with E-state index in [1.165, 1.54) is 12.3 Å². The minimum atomic E-state index is -4.42. The molecule has 2 N–H and O–H groups in total. The van der Waals surface area contributed by atoms with Crippen molar-refractivity contribution in [1.29, 1.82) is 0 Å². The lowest BCUT2D eigenvalue weighted by atomic mass is 10.1. The summed E-state index contributed by atoms with van der Waals surface area (Å²) < 4.78 is 42.5. The normalized spacial score (nSPS) is 20.7. The Hall–Kier alpha value is -1.83. The van der Waals surface area contributed by atoms with Gasteiger partial charge in [-0.15, -0.1) is 0 Å². The Morgan fingerprint density at radius 2 is 1.76 bits per heavy atom. The lowest BCUT2D eigenvalue weighted by molar-refractivity contribution is -0.136. The van der Waals surface area contributed by atoms with Gasteiger partial charge in [-0.05, 0) is 31.7 Å². The van der Waals surface area contributed by atoms with Crippen molar-refractivity contribution in [3.63, 3.8) is 0 Å². The van der Waals surface area contributed by atoms with Crippen LogP contribution in [-0.2, 0) is 6.18 Å². The molecule has 25 heavy (non-hydrogen) atoms. The Kier molecular flexibility index (Phi) is 4.10. The summed E-state index contributed by atoms with van der Waals surface area (Å²) in [6, 6.07) is 1.47. The van der Waals surface area contributed by atoms with Crippen molar-refractivity contribution in [2.45, 2.75) is 56.8 Å². The van der Waals surface area contributed by atoms with Crippen LogP contribution in [0.1, 0.15) is 50.1 Å². The van der Waals surface area contributed by atoms with E-state index in [1.54, 1.807) is 4.68 Å². The Bertz CT molecular complexity index is 755. The molecular formula is C17H22F3N5. The summed E-state index contributed by atoms with van der Waals surface area (Å²) in [5.41, 5.74) is 5.44. The van der Waals surface area contributed by atoms with Gasteiger partial charge in [0.2, 0.25) is 0 Å². The van der Waals surface area contributed by atoms with Crippen LogP contribution in [0.5, 0.6) is 0 Å².